The van der Waals surface area contributed by atoms with Gasteiger partial charge in [0, 0.05) is 6.04 Å². The van der Waals surface area contributed by atoms with Crippen LogP contribution in [-0.2, 0) is 0 Å². The van der Waals surface area contributed by atoms with Gasteiger partial charge in [0.1, 0.15) is 17.3 Å². The van der Waals surface area contributed by atoms with E-state index in [1.165, 1.54) is 5.56 Å². The van der Waals surface area contributed by atoms with E-state index < -0.39 is 0 Å². The fraction of sp³-hybridized carbons (Fsp3) is 0.375. The Morgan fingerprint density at radius 3 is 2.45 bits per heavy atom. The molecule has 20 heavy (non-hydrogen) atoms. The molecule has 0 aliphatic rings. The van der Waals surface area contributed by atoms with E-state index in [4.69, 9.17) is 9.15 Å². The van der Waals surface area contributed by atoms with E-state index in [2.05, 4.69) is 47.2 Å². The Kier molecular flexibility index (Phi) is 4.89. The van der Waals surface area contributed by atoms with E-state index in [0.717, 1.165) is 21.7 Å². The standard InChI is InChI=1S/C16H20BrNO2/c1-10-5-7-15(20-10)12(3)18-11(2)13-6-8-16(19-4)14(17)9-13/h5-9,11-12,18H,1-4H3/t11-,12-/m1/s1. The molecule has 1 aromatic heterocycles. The summed E-state index contributed by atoms with van der Waals surface area (Å²) < 4.78 is 11.9. The number of ether oxygens (including phenoxy) is 1. The zero-order chi connectivity index (χ0) is 14.7. The van der Waals surface area contributed by atoms with Gasteiger partial charge in [-0.2, -0.15) is 0 Å². The number of methoxy groups -OCH3 is 1. The fourth-order valence-electron chi connectivity index (χ4n) is 2.19. The van der Waals surface area contributed by atoms with Gasteiger partial charge in [0.25, 0.3) is 0 Å². The number of hydrogen-bond donors (Lipinski definition) is 1. The maximum atomic E-state index is 5.65. The van der Waals surface area contributed by atoms with E-state index in [9.17, 15) is 0 Å². The van der Waals surface area contributed by atoms with Crippen LogP contribution in [0.2, 0.25) is 0 Å². The summed E-state index contributed by atoms with van der Waals surface area (Å²) in [5.41, 5.74) is 1.20. The molecule has 4 heteroatoms. The Balaban J connectivity index is 2.07. The van der Waals surface area contributed by atoms with Gasteiger partial charge in [-0.25, -0.2) is 0 Å². The van der Waals surface area contributed by atoms with Gasteiger partial charge in [0.2, 0.25) is 0 Å². The van der Waals surface area contributed by atoms with Crippen molar-refractivity contribution in [3.05, 3.63) is 51.9 Å². The van der Waals surface area contributed by atoms with E-state index in [1.807, 2.05) is 25.1 Å². The highest BCUT2D eigenvalue weighted by molar-refractivity contribution is 9.10. The Bertz CT molecular complexity index is 580. The largest absolute Gasteiger partial charge is 0.496 e. The van der Waals surface area contributed by atoms with Crippen LogP contribution < -0.4 is 10.1 Å². The highest BCUT2D eigenvalue weighted by Crippen LogP contribution is 2.29. The molecule has 0 radical (unpaired) electrons. The molecule has 108 valence electrons. The number of rotatable bonds is 5. The second-order valence-corrected chi connectivity index (χ2v) is 5.81. The van der Waals surface area contributed by atoms with Crippen molar-refractivity contribution in [3.8, 4) is 5.75 Å². The SMILES string of the molecule is COc1ccc([C@@H](C)N[C@H](C)c2ccc(C)o2)cc1Br. The zero-order valence-corrected chi connectivity index (χ0v) is 13.8. The Labute approximate surface area is 128 Å². The average molecular weight is 338 g/mol. The van der Waals surface area contributed by atoms with Gasteiger partial charge in [-0.3, -0.25) is 0 Å². The second-order valence-electron chi connectivity index (χ2n) is 4.95. The molecule has 0 saturated carbocycles. The predicted molar refractivity (Wildman–Crippen MR) is 84.1 cm³/mol. The van der Waals surface area contributed by atoms with Crippen LogP contribution in [0.4, 0.5) is 0 Å². The first-order chi connectivity index (χ1) is 9.51. The maximum Gasteiger partial charge on any atom is 0.133 e. The van der Waals surface area contributed by atoms with Crippen LogP contribution in [0, 0.1) is 6.92 Å². The lowest BCUT2D eigenvalue weighted by molar-refractivity contribution is 0.391. The van der Waals surface area contributed by atoms with Crippen LogP contribution in [0.1, 0.15) is 43.0 Å². The topological polar surface area (TPSA) is 34.4 Å². The molecule has 1 N–H and O–H groups in total. The first-order valence-electron chi connectivity index (χ1n) is 6.67. The first-order valence-corrected chi connectivity index (χ1v) is 7.46. The van der Waals surface area contributed by atoms with Crippen molar-refractivity contribution in [2.24, 2.45) is 0 Å². The van der Waals surface area contributed by atoms with Crippen LogP contribution in [0.3, 0.4) is 0 Å². The van der Waals surface area contributed by atoms with Crippen molar-refractivity contribution in [3.63, 3.8) is 0 Å². The Morgan fingerprint density at radius 2 is 1.90 bits per heavy atom. The number of furan rings is 1. The molecule has 0 spiro atoms. The molecule has 0 saturated heterocycles. The molecule has 0 fully saturated rings. The highest BCUT2D eigenvalue weighted by Gasteiger charge is 2.14. The summed E-state index contributed by atoms with van der Waals surface area (Å²) in [6.07, 6.45) is 0. The molecular formula is C16H20BrNO2. The molecule has 1 aromatic carbocycles. The Hall–Kier alpha value is -1.26. The van der Waals surface area contributed by atoms with Crippen molar-refractivity contribution in [1.82, 2.24) is 5.32 Å². The third kappa shape index (κ3) is 3.44. The monoisotopic (exact) mass is 337 g/mol. The lowest BCUT2D eigenvalue weighted by Gasteiger charge is -2.19. The first kappa shape index (κ1) is 15.1. The third-order valence-corrected chi connectivity index (χ3v) is 3.98. The number of aryl methyl sites for hydroxylation is 1. The molecule has 2 atom stereocenters. The molecule has 0 aliphatic heterocycles. The molecule has 0 unspecified atom stereocenters. The van der Waals surface area contributed by atoms with Crippen LogP contribution in [0.25, 0.3) is 0 Å². The zero-order valence-electron chi connectivity index (χ0n) is 12.2. The van der Waals surface area contributed by atoms with E-state index in [0.29, 0.717) is 0 Å². The van der Waals surface area contributed by atoms with E-state index in [-0.39, 0.29) is 12.1 Å². The van der Waals surface area contributed by atoms with Crippen molar-refractivity contribution < 1.29 is 9.15 Å². The van der Waals surface area contributed by atoms with Gasteiger partial charge in [0.05, 0.1) is 17.6 Å². The van der Waals surface area contributed by atoms with E-state index >= 15 is 0 Å². The third-order valence-electron chi connectivity index (χ3n) is 3.36. The summed E-state index contributed by atoms with van der Waals surface area (Å²) in [6, 6.07) is 10.5. The van der Waals surface area contributed by atoms with Crippen LogP contribution in [0.5, 0.6) is 5.75 Å². The van der Waals surface area contributed by atoms with Crippen molar-refractivity contribution in [2.45, 2.75) is 32.9 Å². The lowest BCUT2D eigenvalue weighted by atomic mass is 10.1. The lowest BCUT2D eigenvalue weighted by Crippen LogP contribution is -2.22. The average Bonchev–Trinajstić information content (AvgIpc) is 2.85. The number of hydrogen-bond acceptors (Lipinski definition) is 3. The normalized spacial score (nSPS) is 14.1. The van der Waals surface area contributed by atoms with Gasteiger partial charge in [-0.15, -0.1) is 0 Å². The second kappa shape index (κ2) is 6.46. The minimum absolute atomic E-state index is 0.166. The molecule has 2 rings (SSSR count). The van der Waals surface area contributed by atoms with Gasteiger partial charge < -0.3 is 14.5 Å². The molecular weight excluding hydrogens is 318 g/mol. The summed E-state index contributed by atoms with van der Waals surface area (Å²) in [5.74, 6) is 2.74. The van der Waals surface area contributed by atoms with Crippen molar-refractivity contribution in [1.29, 1.82) is 0 Å². The van der Waals surface area contributed by atoms with Crippen molar-refractivity contribution >= 4 is 15.9 Å². The van der Waals surface area contributed by atoms with E-state index in [1.54, 1.807) is 7.11 Å². The van der Waals surface area contributed by atoms with Crippen LogP contribution >= 0.6 is 15.9 Å². The maximum absolute atomic E-state index is 5.65. The Morgan fingerprint density at radius 1 is 1.15 bits per heavy atom. The summed E-state index contributed by atoms with van der Waals surface area (Å²) in [6.45, 7) is 6.20. The van der Waals surface area contributed by atoms with Crippen molar-refractivity contribution in [2.75, 3.05) is 7.11 Å². The number of benzene rings is 1. The number of nitrogens with one attached hydrogen (secondary N) is 1. The van der Waals surface area contributed by atoms with Gasteiger partial charge in [0.15, 0.2) is 0 Å². The fourth-order valence-corrected chi connectivity index (χ4v) is 2.75. The number of halogens is 1. The summed E-state index contributed by atoms with van der Waals surface area (Å²) >= 11 is 3.52. The molecule has 1 heterocycles. The molecule has 2 aromatic rings. The summed E-state index contributed by atoms with van der Waals surface area (Å²) in [5, 5.41) is 3.54. The molecule has 0 amide bonds. The predicted octanol–water partition coefficient (Wildman–Crippen LogP) is 4.77. The summed E-state index contributed by atoms with van der Waals surface area (Å²) in [7, 11) is 1.67. The smallest absolute Gasteiger partial charge is 0.133 e. The minimum Gasteiger partial charge on any atom is -0.496 e. The highest BCUT2D eigenvalue weighted by atomic mass is 79.9. The van der Waals surface area contributed by atoms with Crippen LogP contribution in [-0.4, -0.2) is 7.11 Å². The van der Waals surface area contributed by atoms with Gasteiger partial charge in [-0.1, -0.05) is 6.07 Å². The minimum atomic E-state index is 0.166. The molecule has 3 nitrogen and oxygen atoms in total. The molecule has 0 aliphatic carbocycles. The molecule has 0 bridgehead atoms. The van der Waals surface area contributed by atoms with Gasteiger partial charge >= 0.3 is 0 Å². The van der Waals surface area contributed by atoms with Gasteiger partial charge in [-0.05, 0) is 66.5 Å². The van der Waals surface area contributed by atoms with Crippen LogP contribution in [0.15, 0.2) is 39.2 Å². The quantitative estimate of drug-likeness (QED) is 0.853. The summed E-state index contributed by atoms with van der Waals surface area (Å²) in [4.78, 5) is 0.